The van der Waals surface area contributed by atoms with E-state index in [0.29, 0.717) is 12.0 Å². The first-order valence-corrected chi connectivity index (χ1v) is 7.78. The molecule has 2 rings (SSSR count). The third kappa shape index (κ3) is 3.12. The average molecular weight is 327 g/mol. The van der Waals surface area contributed by atoms with Crippen molar-refractivity contribution in [3.8, 4) is 5.75 Å². The Morgan fingerprint density at radius 3 is 2.84 bits per heavy atom. The number of rotatable bonds is 5. The summed E-state index contributed by atoms with van der Waals surface area (Å²) in [5.41, 5.74) is 7.29. The summed E-state index contributed by atoms with van der Waals surface area (Å²) in [5.74, 6) is 1.44. The fourth-order valence-electron chi connectivity index (χ4n) is 3.06. The van der Waals surface area contributed by atoms with Crippen LogP contribution in [0.2, 0.25) is 0 Å². The molecule has 0 amide bonds. The molecule has 2 N–H and O–H groups in total. The second kappa shape index (κ2) is 6.73. The van der Waals surface area contributed by atoms with E-state index in [4.69, 9.17) is 10.5 Å². The number of benzene rings is 1. The zero-order valence-electron chi connectivity index (χ0n) is 11.7. The molecule has 3 nitrogen and oxygen atoms in total. The van der Waals surface area contributed by atoms with E-state index in [0.717, 1.165) is 29.9 Å². The number of ether oxygens (including phenoxy) is 1. The summed E-state index contributed by atoms with van der Waals surface area (Å²) in [4.78, 5) is 2.56. The largest absolute Gasteiger partial charge is 0.496 e. The lowest BCUT2D eigenvalue weighted by atomic mass is 9.93. The molecule has 1 aliphatic heterocycles. The lowest BCUT2D eigenvalue weighted by Gasteiger charge is -2.28. The number of likely N-dealkylation sites (tertiary alicyclic amines) is 1. The molecule has 0 radical (unpaired) electrons. The first-order valence-electron chi connectivity index (χ1n) is 6.98. The summed E-state index contributed by atoms with van der Waals surface area (Å²) < 4.78 is 6.32. The van der Waals surface area contributed by atoms with Gasteiger partial charge >= 0.3 is 0 Å². The van der Waals surface area contributed by atoms with E-state index in [-0.39, 0.29) is 0 Å². The highest BCUT2D eigenvalue weighted by molar-refractivity contribution is 9.10. The molecular formula is C15H23BrN2O. The summed E-state index contributed by atoms with van der Waals surface area (Å²) in [6.07, 6.45) is 2.38. The molecule has 19 heavy (non-hydrogen) atoms. The summed E-state index contributed by atoms with van der Waals surface area (Å²) >= 11 is 3.58. The van der Waals surface area contributed by atoms with Gasteiger partial charge in [-0.15, -0.1) is 0 Å². The SMILES string of the molecule is CCCN1CCC(CN)C1c1ccc(OC)c(Br)c1. The molecule has 0 aromatic heterocycles. The third-order valence-corrected chi connectivity index (χ3v) is 4.58. The van der Waals surface area contributed by atoms with Crippen LogP contribution in [0.3, 0.4) is 0 Å². The van der Waals surface area contributed by atoms with Gasteiger partial charge in [-0.05, 0) is 72.0 Å². The maximum Gasteiger partial charge on any atom is 0.133 e. The van der Waals surface area contributed by atoms with E-state index in [2.05, 4.69) is 39.9 Å². The number of hydrogen-bond donors (Lipinski definition) is 1. The zero-order chi connectivity index (χ0) is 13.8. The molecule has 4 heteroatoms. The van der Waals surface area contributed by atoms with Gasteiger partial charge in [-0.1, -0.05) is 13.0 Å². The van der Waals surface area contributed by atoms with Crippen molar-refractivity contribution in [3.05, 3.63) is 28.2 Å². The number of nitrogens with zero attached hydrogens (tertiary/aromatic N) is 1. The van der Waals surface area contributed by atoms with Crippen molar-refractivity contribution in [2.75, 3.05) is 26.7 Å². The van der Waals surface area contributed by atoms with Crippen LogP contribution in [0.5, 0.6) is 5.75 Å². The third-order valence-electron chi connectivity index (χ3n) is 3.96. The molecule has 1 aromatic carbocycles. The number of nitrogens with two attached hydrogens (primary N) is 1. The van der Waals surface area contributed by atoms with Crippen LogP contribution >= 0.6 is 15.9 Å². The maximum absolute atomic E-state index is 5.95. The highest BCUT2D eigenvalue weighted by Crippen LogP contribution is 2.39. The quantitative estimate of drug-likeness (QED) is 0.903. The van der Waals surface area contributed by atoms with E-state index in [1.165, 1.54) is 18.4 Å². The van der Waals surface area contributed by atoms with E-state index < -0.39 is 0 Å². The molecule has 0 saturated carbocycles. The van der Waals surface area contributed by atoms with Crippen molar-refractivity contribution in [2.45, 2.75) is 25.8 Å². The Morgan fingerprint density at radius 1 is 1.47 bits per heavy atom. The Hall–Kier alpha value is -0.580. The fourth-order valence-corrected chi connectivity index (χ4v) is 3.62. The van der Waals surface area contributed by atoms with Crippen LogP contribution in [-0.4, -0.2) is 31.6 Å². The highest BCUT2D eigenvalue weighted by Gasteiger charge is 2.33. The van der Waals surface area contributed by atoms with Crippen molar-refractivity contribution >= 4 is 15.9 Å². The molecule has 1 aliphatic rings. The van der Waals surface area contributed by atoms with Gasteiger partial charge in [-0.2, -0.15) is 0 Å². The van der Waals surface area contributed by atoms with Crippen molar-refractivity contribution in [2.24, 2.45) is 11.7 Å². The summed E-state index contributed by atoms with van der Waals surface area (Å²) in [6, 6.07) is 6.84. The minimum atomic E-state index is 0.451. The van der Waals surface area contributed by atoms with Crippen LogP contribution in [0.25, 0.3) is 0 Å². The van der Waals surface area contributed by atoms with Crippen molar-refractivity contribution in [3.63, 3.8) is 0 Å². The monoisotopic (exact) mass is 326 g/mol. The van der Waals surface area contributed by atoms with Gasteiger partial charge in [0.05, 0.1) is 11.6 Å². The minimum Gasteiger partial charge on any atom is -0.496 e. The number of methoxy groups -OCH3 is 1. The molecule has 0 spiro atoms. The van der Waals surface area contributed by atoms with Crippen LogP contribution < -0.4 is 10.5 Å². The van der Waals surface area contributed by atoms with Gasteiger partial charge in [0.1, 0.15) is 5.75 Å². The molecule has 1 heterocycles. The van der Waals surface area contributed by atoms with Gasteiger partial charge in [0.2, 0.25) is 0 Å². The lowest BCUT2D eigenvalue weighted by molar-refractivity contribution is 0.230. The van der Waals surface area contributed by atoms with Crippen LogP contribution in [0.1, 0.15) is 31.4 Å². The maximum atomic E-state index is 5.95. The lowest BCUT2D eigenvalue weighted by Crippen LogP contribution is -2.28. The molecule has 0 bridgehead atoms. The Bertz CT molecular complexity index is 425. The fraction of sp³-hybridized carbons (Fsp3) is 0.600. The zero-order valence-corrected chi connectivity index (χ0v) is 13.3. The second-order valence-corrected chi connectivity index (χ2v) is 6.01. The van der Waals surface area contributed by atoms with Crippen molar-refractivity contribution < 1.29 is 4.74 Å². The predicted octanol–water partition coefficient (Wildman–Crippen LogP) is 3.19. The van der Waals surface area contributed by atoms with Gasteiger partial charge in [0.15, 0.2) is 0 Å². The molecule has 0 aliphatic carbocycles. The van der Waals surface area contributed by atoms with Gasteiger partial charge in [-0.3, -0.25) is 4.90 Å². The Kier molecular flexibility index (Phi) is 5.25. The summed E-state index contributed by atoms with van der Waals surface area (Å²) in [5, 5.41) is 0. The molecule has 1 aromatic rings. The van der Waals surface area contributed by atoms with Gasteiger partial charge in [0.25, 0.3) is 0 Å². The van der Waals surface area contributed by atoms with E-state index in [1.807, 2.05) is 6.07 Å². The predicted molar refractivity (Wildman–Crippen MR) is 82.5 cm³/mol. The van der Waals surface area contributed by atoms with Crippen molar-refractivity contribution in [1.29, 1.82) is 0 Å². The second-order valence-electron chi connectivity index (χ2n) is 5.16. The van der Waals surface area contributed by atoms with Gasteiger partial charge in [-0.25, -0.2) is 0 Å². The Morgan fingerprint density at radius 2 is 2.26 bits per heavy atom. The van der Waals surface area contributed by atoms with Crippen LogP contribution in [0.4, 0.5) is 0 Å². The van der Waals surface area contributed by atoms with Gasteiger partial charge < -0.3 is 10.5 Å². The average Bonchev–Trinajstić information content (AvgIpc) is 2.82. The Balaban J connectivity index is 2.27. The first-order chi connectivity index (χ1) is 9.21. The van der Waals surface area contributed by atoms with E-state index >= 15 is 0 Å². The molecule has 106 valence electrons. The van der Waals surface area contributed by atoms with Crippen LogP contribution in [0.15, 0.2) is 22.7 Å². The van der Waals surface area contributed by atoms with Crippen LogP contribution in [-0.2, 0) is 0 Å². The molecular weight excluding hydrogens is 304 g/mol. The van der Waals surface area contributed by atoms with Crippen molar-refractivity contribution in [1.82, 2.24) is 4.90 Å². The Labute approximate surface area is 124 Å². The number of hydrogen-bond acceptors (Lipinski definition) is 3. The molecule has 1 fully saturated rings. The van der Waals surface area contributed by atoms with Crippen LogP contribution in [0, 0.1) is 5.92 Å². The molecule has 2 atom stereocenters. The summed E-state index contributed by atoms with van der Waals surface area (Å²) in [7, 11) is 1.70. The minimum absolute atomic E-state index is 0.451. The smallest absolute Gasteiger partial charge is 0.133 e. The van der Waals surface area contributed by atoms with E-state index in [9.17, 15) is 0 Å². The van der Waals surface area contributed by atoms with E-state index in [1.54, 1.807) is 7.11 Å². The van der Waals surface area contributed by atoms with Gasteiger partial charge in [0, 0.05) is 6.04 Å². The normalized spacial score (nSPS) is 23.8. The molecule has 2 unspecified atom stereocenters. The number of halogens is 1. The topological polar surface area (TPSA) is 38.5 Å². The molecule has 1 saturated heterocycles. The first kappa shape index (κ1) is 14.8. The highest BCUT2D eigenvalue weighted by atomic mass is 79.9. The summed E-state index contributed by atoms with van der Waals surface area (Å²) in [6.45, 7) is 5.29. The standard InChI is InChI=1S/C15H23BrN2O/c1-3-7-18-8-6-12(10-17)15(18)11-4-5-14(19-2)13(16)9-11/h4-5,9,12,15H,3,6-8,10,17H2,1-2H3.